The molecule has 10 heteroatoms. The highest BCUT2D eigenvalue weighted by Crippen LogP contribution is 2.27. The van der Waals surface area contributed by atoms with Gasteiger partial charge in [0.25, 0.3) is 0 Å². The van der Waals surface area contributed by atoms with Crippen molar-refractivity contribution in [1.82, 2.24) is 15.0 Å². The molecule has 0 amide bonds. The number of thiazole rings is 1. The molecule has 180 valence electrons. The summed E-state index contributed by atoms with van der Waals surface area (Å²) in [6.07, 6.45) is 1.72. The van der Waals surface area contributed by atoms with Gasteiger partial charge in [0.2, 0.25) is 10.0 Å². The van der Waals surface area contributed by atoms with Gasteiger partial charge < -0.3 is 14.8 Å². The number of rotatable bonds is 13. The zero-order valence-corrected chi connectivity index (χ0v) is 20.5. The lowest BCUT2D eigenvalue weighted by Gasteiger charge is -2.18. The van der Waals surface area contributed by atoms with Crippen molar-refractivity contribution in [3.05, 3.63) is 62.8 Å². The molecule has 0 bridgehead atoms. The number of hydrogen-bond acceptors (Lipinski definition) is 7. The van der Waals surface area contributed by atoms with E-state index in [0.717, 1.165) is 23.3 Å². The number of nitrogens with one attached hydrogen (secondary N) is 3. The first kappa shape index (κ1) is 25.4. The van der Waals surface area contributed by atoms with Crippen molar-refractivity contribution in [2.45, 2.75) is 38.5 Å². The van der Waals surface area contributed by atoms with Crippen LogP contribution in [0.25, 0.3) is 10.2 Å². The second kappa shape index (κ2) is 11.8. The fraction of sp³-hybridized carbons (Fsp3) is 0.435. The van der Waals surface area contributed by atoms with Gasteiger partial charge in [-0.05, 0) is 43.4 Å². The van der Waals surface area contributed by atoms with Crippen LogP contribution < -0.4 is 14.9 Å². The third-order valence-electron chi connectivity index (χ3n) is 5.36. The summed E-state index contributed by atoms with van der Waals surface area (Å²) in [7, 11) is -3.55. The third-order valence-corrected chi connectivity index (χ3v) is 8.17. The molecule has 0 radical (unpaired) electrons. The zero-order valence-electron chi connectivity index (χ0n) is 18.9. The van der Waals surface area contributed by atoms with E-state index in [1.165, 1.54) is 17.2 Å². The minimum Gasteiger partial charge on any atom is -0.506 e. The molecule has 8 nitrogen and oxygen atoms in total. The Morgan fingerprint density at radius 1 is 1.09 bits per heavy atom. The van der Waals surface area contributed by atoms with Gasteiger partial charge in [0.15, 0.2) is 0 Å². The Morgan fingerprint density at radius 3 is 2.58 bits per heavy atom. The molecule has 1 aromatic heterocycles. The molecule has 33 heavy (non-hydrogen) atoms. The highest BCUT2D eigenvalue weighted by atomic mass is 32.2. The lowest BCUT2D eigenvalue weighted by Crippen LogP contribution is -2.45. The maximum atomic E-state index is 12.6. The summed E-state index contributed by atoms with van der Waals surface area (Å²) in [6.45, 7) is 5.32. The molecular formula is C23H31N3O5S2. The van der Waals surface area contributed by atoms with Gasteiger partial charge in [-0.25, -0.2) is 13.1 Å². The monoisotopic (exact) mass is 493 g/mol. The number of sulfonamides is 1. The molecule has 2 aromatic carbocycles. The predicted octanol–water partition coefficient (Wildman–Crippen LogP) is 2.65. The second-order valence-corrected chi connectivity index (χ2v) is 10.8. The Bertz CT molecular complexity index is 1200. The van der Waals surface area contributed by atoms with E-state index in [2.05, 4.69) is 39.3 Å². The fourth-order valence-electron chi connectivity index (χ4n) is 3.51. The Kier molecular flexibility index (Phi) is 9.04. The molecule has 0 aliphatic carbocycles. The smallest absolute Gasteiger partial charge is 0.305 e. The average Bonchev–Trinajstić information content (AvgIpc) is 3.18. The van der Waals surface area contributed by atoms with Crippen molar-refractivity contribution in [1.29, 1.82) is 0 Å². The molecule has 0 spiro atoms. The van der Waals surface area contributed by atoms with Crippen LogP contribution in [0.3, 0.4) is 0 Å². The summed E-state index contributed by atoms with van der Waals surface area (Å²) in [4.78, 5) is 14.0. The van der Waals surface area contributed by atoms with Gasteiger partial charge in [0.05, 0.1) is 17.9 Å². The van der Waals surface area contributed by atoms with Crippen LogP contribution >= 0.6 is 11.3 Å². The summed E-state index contributed by atoms with van der Waals surface area (Å²) < 4.78 is 34.2. The van der Waals surface area contributed by atoms with Crippen LogP contribution in [0.1, 0.15) is 30.0 Å². The highest BCUT2D eigenvalue weighted by Gasteiger charge is 2.22. The Balaban J connectivity index is 1.42. The number of phenolic OH excluding ortho intramolecular Hbond substituents is 1. The number of aryl methyl sites for hydroxylation is 1. The highest BCUT2D eigenvalue weighted by molar-refractivity contribution is 7.90. The maximum Gasteiger partial charge on any atom is 0.305 e. The van der Waals surface area contributed by atoms with Crippen LogP contribution in [0, 0.1) is 6.92 Å². The SMILES string of the molecule is CCC(NCCc1ccc(O)c2[nH]c(=O)sc12)S(=O)(=O)NCCOCCc1ccc(C)cc1. The van der Waals surface area contributed by atoms with Gasteiger partial charge in [-0.15, -0.1) is 0 Å². The number of hydrogen-bond donors (Lipinski definition) is 4. The van der Waals surface area contributed by atoms with E-state index < -0.39 is 15.4 Å². The van der Waals surface area contributed by atoms with Crippen molar-refractivity contribution in [3.8, 4) is 5.75 Å². The fourth-order valence-corrected chi connectivity index (χ4v) is 5.76. The maximum absolute atomic E-state index is 12.6. The van der Waals surface area contributed by atoms with Crippen LogP contribution in [0.4, 0.5) is 0 Å². The summed E-state index contributed by atoms with van der Waals surface area (Å²) in [5, 5.41) is 12.2. The summed E-state index contributed by atoms with van der Waals surface area (Å²) in [5.41, 5.74) is 3.70. The molecule has 3 rings (SSSR count). The minimum absolute atomic E-state index is 0.0272. The minimum atomic E-state index is -3.55. The van der Waals surface area contributed by atoms with Crippen LogP contribution in [-0.2, 0) is 27.6 Å². The number of fused-ring (bicyclic) bond motifs is 1. The summed E-state index contributed by atoms with van der Waals surface area (Å²) in [5.74, 6) is 0.0272. The molecule has 1 atom stereocenters. The van der Waals surface area contributed by atoms with Crippen molar-refractivity contribution >= 4 is 31.6 Å². The molecule has 0 saturated heterocycles. The van der Waals surface area contributed by atoms with E-state index in [-0.39, 0.29) is 17.2 Å². The van der Waals surface area contributed by atoms with Gasteiger partial charge in [-0.1, -0.05) is 54.2 Å². The normalized spacial score (nSPS) is 12.9. The van der Waals surface area contributed by atoms with Gasteiger partial charge in [-0.3, -0.25) is 10.1 Å². The standard InChI is InChI=1S/C23H31N3O5S2/c1-3-20(24-12-10-18-8-9-19(27)21-22(18)32-23(28)26-21)33(29,30)25-13-15-31-14-11-17-6-4-16(2)5-7-17/h4-9,20,24-25,27H,3,10-15H2,1-2H3,(H,26,28). The van der Waals surface area contributed by atoms with Crippen LogP contribution in [0.2, 0.25) is 0 Å². The van der Waals surface area contributed by atoms with Gasteiger partial charge in [-0.2, -0.15) is 0 Å². The number of phenols is 1. The number of benzene rings is 2. The molecular weight excluding hydrogens is 462 g/mol. The number of H-pyrrole nitrogens is 1. The predicted molar refractivity (Wildman–Crippen MR) is 133 cm³/mol. The van der Waals surface area contributed by atoms with E-state index in [1.54, 1.807) is 6.07 Å². The van der Waals surface area contributed by atoms with Crippen LogP contribution in [-0.4, -0.2) is 50.2 Å². The Hall–Kier alpha value is -2.24. The van der Waals surface area contributed by atoms with Crippen LogP contribution in [0.15, 0.2) is 41.2 Å². The van der Waals surface area contributed by atoms with Gasteiger partial charge >= 0.3 is 4.87 Å². The first-order valence-electron chi connectivity index (χ1n) is 11.0. The van der Waals surface area contributed by atoms with Crippen molar-refractivity contribution in [2.24, 2.45) is 0 Å². The van der Waals surface area contributed by atoms with E-state index >= 15 is 0 Å². The number of ether oxygens (including phenoxy) is 1. The molecule has 1 unspecified atom stereocenters. The van der Waals surface area contributed by atoms with E-state index in [9.17, 15) is 18.3 Å². The Labute approximate surface area is 198 Å². The van der Waals surface area contributed by atoms with Crippen LogP contribution in [0.5, 0.6) is 5.75 Å². The first-order valence-corrected chi connectivity index (χ1v) is 13.3. The molecule has 0 aliphatic rings. The zero-order chi connectivity index (χ0) is 23.8. The molecule has 4 N–H and O–H groups in total. The Morgan fingerprint density at radius 2 is 1.85 bits per heavy atom. The molecule has 1 heterocycles. The van der Waals surface area contributed by atoms with E-state index in [0.29, 0.717) is 42.8 Å². The van der Waals surface area contributed by atoms with E-state index in [4.69, 9.17) is 4.74 Å². The molecule has 3 aromatic rings. The summed E-state index contributed by atoms with van der Waals surface area (Å²) >= 11 is 1.04. The topological polar surface area (TPSA) is 121 Å². The molecule has 0 fully saturated rings. The lowest BCUT2D eigenvalue weighted by molar-refractivity contribution is 0.142. The number of aromatic nitrogens is 1. The quantitative estimate of drug-likeness (QED) is 0.272. The summed E-state index contributed by atoms with van der Waals surface area (Å²) in [6, 6.07) is 11.5. The largest absolute Gasteiger partial charge is 0.506 e. The van der Waals surface area contributed by atoms with E-state index in [1.807, 2.05) is 13.8 Å². The van der Waals surface area contributed by atoms with Crippen molar-refractivity contribution in [3.63, 3.8) is 0 Å². The van der Waals surface area contributed by atoms with Gasteiger partial charge in [0, 0.05) is 13.1 Å². The number of aromatic amines is 1. The van der Waals surface area contributed by atoms with Gasteiger partial charge in [0.1, 0.15) is 16.6 Å². The van der Waals surface area contributed by atoms with Crippen molar-refractivity contribution < 1.29 is 18.3 Å². The third kappa shape index (κ3) is 7.12. The second-order valence-electron chi connectivity index (χ2n) is 7.85. The average molecular weight is 494 g/mol. The molecule has 0 saturated carbocycles. The lowest BCUT2D eigenvalue weighted by atomic mass is 10.1. The molecule has 0 aliphatic heterocycles. The number of aromatic hydroxyl groups is 1. The first-order chi connectivity index (χ1) is 15.8. The van der Waals surface area contributed by atoms with Crippen molar-refractivity contribution in [2.75, 3.05) is 26.3 Å².